The Morgan fingerprint density at radius 1 is 1.44 bits per heavy atom. The Morgan fingerprint density at radius 3 is 3.00 bits per heavy atom. The van der Waals surface area contributed by atoms with Gasteiger partial charge in [0, 0.05) is 23.4 Å². The fourth-order valence-electron chi connectivity index (χ4n) is 1.93. The molecule has 0 radical (unpaired) electrons. The van der Waals surface area contributed by atoms with Crippen LogP contribution in [-0.2, 0) is 0 Å². The van der Waals surface area contributed by atoms with Crippen molar-refractivity contribution < 1.29 is 0 Å². The SMILES string of the molecule is CCCNc1nccn1C(C)c1cccc(Br)c1. The van der Waals surface area contributed by atoms with Gasteiger partial charge in [-0.2, -0.15) is 0 Å². The zero-order valence-corrected chi connectivity index (χ0v) is 12.3. The molecule has 0 aliphatic carbocycles. The molecule has 0 bridgehead atoms. The third-order valence-electron chi connectivity index (χ3n) is 2.95. The smallest absolute Gasteiger partial charge is 0.203 e. The van der Waals surface area contributed by atoms with Crippen molar-refractivity contribution in [2.24, 2.45) is 0 Å². The van der Waals surface area contributed by atoms with Crippen LogP contribution in [0.15, 0.2) is 41.1 Å². The van der Waals surface area contributed by atoms with Crippen molar-refractivity contribution in [3.63, 3.8) is 0 Å². The van der Waals surface area contributed by atoms with Gasteiger partial charge < -0.3 is 9.88 Å². The summed E-state index contributed by atoms with van der Waals surface area (Å²) in [5.74, 6) is 0.935. The molecule has 1 aromatic carbocycles. The maximum absolute atomic E-state index is 4.36. The first-order valence-electron chi connectivity index (χ1n) is 6.24. The van der Waals surface area contributed by atoms with Crippen LogP contribution < -0.4 is 5.32 Å². The standard InChI is InChI=1S/C14H18BrN3/c1-3-7-16-14-17-8-9-18(14)11(2)12-5-4-6-13(15)10-12/h4-6,8-11H,3,7H2,1-2H3,(H,16,17). The average Bonchev–Trinajstić information content (AvgIpc) is 2.83. The minimum absolute atomic E-state index is 0.268. The van der Waals surface area contributed by atoms with Crippen LogP contribution in [0, 0.1) is 0 Å². The van der Waals surface area contributed by atoms with Crippen LogP contribution >= 0.6 is 15.9 Å². The van der Waals surface area contributed by atoms with Crippen molar-refractivity contribution in [2.45, 2.75) is 26.3 Å². The largest absolute Gasteiger partial charge is 0.356 e. The van der Waals surface area contributed by atoms with Gasteiger partial charge in [0.15, 0.2) is 0 Å². The molecule has 96 valence electrons. The Morgan fingerprint density at radius 2 is 2.28 bits per heavy atom. The maximum Gasteiger partial charge on any atom is 0.203 e. The summed E-state index contributed by atoms with van der Waals surface area (Å²) in [7, 11) is 0. The first-order valence-corrected chi connectivity index (χ1v) is 7.04. The van der Waals surface area contributed by atoms with Crippen LogP contribution in [0.3, 0.4) is 0 Å². The van der Waals surface area contributed by atoms with Gasteiger partial charge in [0.2, 0.25) is 5.95 Å². The van der Waals surface area contributed by atoms with Crippen LogP contribution in [0.5, 0.6) is 0 Å². The Bertz CT molecular complexity index is 507. The number of anilines is 1. The lowest BCUT2D eigenvalue weighted by Crippen LogP contribution is -2.12. The van der Waals surface area contributed by atoms with E-state index >= 15 is 0 Å². The summed E-state index contributed by atoms with van der Waals surface area (Å²) in [6, 6.07) is 8.66. The molecule has 2 rings (SSSR count). The van der Waals surface area contributed by atoms with Crippen molar-refractivity contribution in [2.75, 3.05) is 11.9 Å². The molecule has 1 aromatic heterocycles. The number of nitrogens with zero attached hydrogens (tertiary/aromatic N) is 2. The molecule has 1 heterocycles. The number of halogens is 1. The van der Waals surface area contributed by atoms with Crippen molar-refractivity contribution in [1.82, 2.24) is 9.55 Å². The van der Waals surface area contributed by atoms with E-state index in [4.69, 9.17) is 0 Å². The lowest BCUT2D eigenvalue weighted by atomic mass is 10.1. The van der Waals surface area contributed by atoms with Gasteiger partial charge in [-0.15, -0.1) is 0 Å². The second kappa shape index (κ2) is 6.05. The molecule has 1 atom stereocenters. The van der Waals surface area contributed by atoms with E-state index in [1.165, 1.54) is 5.56 Å². The summed E-state index contributed by atoms with van der Waals surface area (Å²) in [6.07, 6.45) is 4.95. The molecule has 0 spiro atoms. The summed E-state index contributed by atoms with van der Waals surface area (Å²) < 4.78 is 3.27. The molecule has 18 heavy (non-hydrogen) atoms. The van der Waals surface area contributed by atoms with Crippen LogP contribution in [0.1, 0.15) is 31.9 Å². The first kappa shape index (κ1) is 13.1. The first-order chi connectivity index (χ1) is 8.72. The van der Waals surface area contributed by atoms with Gasteiger partial charge in [-0.25, -0.2) is 4.98 Å². The molecule has 0 aliphatic rings. The number of imidazole rings is 1. The molecule has 2 aromatic rings. The third kappa shape index (κ3) is 2.93. The molecule has 0 aliphatic heterocycles. The highest BCUT2D eigenvalue weighted by Gasteiger charge is 2.11. The van der Waals surface area contributed by atoms with Crippen molar-refractivity contribution in [3.05, 3.63) is 46.7 Å². The van der Waals surface area contributed by atoms with Crippen LogP contribution in [-0.4, -0.2) is 16.1 Å². The van der Waals surface area contributed by atoms with Gasteiger partial charge in [-0.1, -0.05) is 35.0 Å². The lowest BCUT2D eigenvalue weighted by Gasteiger charge is -2.17. The van der Waals surface area contributed by atoms with E-state index in [9.17, 15) is 0 Å². The predicted octanol–water partition coefficient (Wildman–Crippen LogP) is 4.08. The highest BCUT2D eigenvalue weighted by molar-refractivity contribution is 9.10. The number of hydrogen-bond donors (Lipinski definition) is 1. The lowest BCUT2D eigenvalue weighted by molar-refractivity contribution is 0.642. The Labute approximate surface area is 116 Å². The van der Waals surface area contributed by atoms with Crippen molar-refractivity contribution >= 4 is 21.9 Å². The summed E-state index contributed by atoms with van der Waals surface area (Å²) in [5, 5.41) is 3.35. The molecule has 0 saturated heterocycles. The molecule has 0 amide bonds. The number of benzene rings is 1. The Hall–Kier alpha value is -1.29. The van der Waals surface area contributed by atoms with E-state index in [0.29, 0.717) is 0 Å². The van der Waals surface area contributed by atoms with Crippen LogP contribution in [0.4, 0.5) is 5.95 Å². The van der Waals surface area contributed by atoms with E-state index in [-0.39, 0.29) is 6.04 Å². The highest BCUT2D eigenvalue weighted by atomic mass is 79.9. The zero-order valence-electron chi connectivity index (χ0n) is 10.7. The highest BCUT2D eigenvalue weighted by Crippen LogP contribution is 2.24. The molecule has 0 saturated carbocycles. The quantitative estimate of drug-likeness (QED) is 0.902. The zero-order chi connectivity index (χ0) is 13.0. The van der Waals surface area contributed by atoms with Gasteiger partial charge in [0.25, 0.3) is 0 Å². The normalized spacial score (nSPS) is 12.4. The summed E-state index contributed by atoms with van der Waals surface area (Å²) >= 11 is 3.51. The van der Waals surface area contributed by atoms with E-state index < -0.39 is 0 Å². The van der Waals surface area contributed by atoms with Crippen LogP contribution in [0.2, 0.25) is 0 Å². The Balaban J connectivity index is 2.23. The average molecular weight is 308 g/mol. The maximum atomic E-state index is 4.36. The number of nitrogens with one attached hydrogen (secondary N) is 1. The second-order valence-corrected chi connectivity index (χ2v) is 5.23. The fraction of sp³-hybridized carbons (Fsp3) is 0.357. The van der Waals surface area contributed by atoms with Crippen molar-refractivity contribution in [3.8, 4) is 0 Å². The molecule has 1 unspecified atom stereocenters. The van der Waals surface area contributed by atoms with Crippen molar-refractivity contribution in [1.29, 1.82) is 0 Å². The minimum Gasteiger partial charge on any atom is -0.356 e. The number of aromatic nitrogens is 2. The molecule has 1 N–H and O–H groups in total. The van der Waals surface area contributed by atoms with Gasteiger partial charge in [-0.05, 0) is 31.0 Å². The summed E-state index contributed by atoms with van der Waals surface area (Å²) in [4.78, 5) is 4.36. The molecular weight excluding hydrogens is 290 g/mol. The van der Waals surface area contributed by atoms with Gasteiger partial charge >= 0.3 is 0 Å². The third-order valence-corrected chi connectivity index (χ3v) is 3.44. The summed E-state index contributed by atoms with van der Waals surface area (Å²) in [5.41, 5.74) is 1.27. The van der Waals surface area contributed by atoms with Gasteiger partial charge in [-0.3, -0.25) is 0 Å². The van der Waals surface area contributed by atoms with E-state index in [1.807, 2.05) is 18.5 Å². The number of rotatable bonds is 5. The fourth-order valence-corrected chi connectivity index (χ4v) is 2.34. The monoisotopic (exact) mass is 307 g/mol. The second-order valence-electron chi connectivity index (χ2n) is 4.32. The molecule has 3 nitrogen and oxygen atoms in total. The topological polar surface area (TPSA) is 29.9 Å². The Kier molecular flexibility index (Phi) is 4.42. The van der Waals surface area contributed by atoms with E-state index in [1.54, 1.807) is 0 Å². The van der Waals surface area contributed by atoms with E-state index in [0.717, 1.165) is 23.4 Å². The minimum atomic E-state index is 0.268. The molecule has 0 fully saturated rings. The number of hydrogen-bond acceptors (Lipinski definition) is 2. The molecule has 4 heteroatoms. The molecular formula is C14H18BrN3. The van der Waals surface area contributed by atoms with Gasteiger partial charge in [0.05, 0.1) is 6.04 Å². The predicted molar refractivity (Wildman–Crippen MR) is 79.0 cm³/mol. The van der Waals surface area contributed by atoms with Gasteiger partial charge in [0.1, 0.15) is 0 Å². The summed E-state index contributed by atoms with van der Waals surface area (Å²) in [6.45, 7) is 5.28. The van der Waals surface area contributed by atoms with Crippen LogP contribution in [0.25, 0.3) is 0 Å². The van der Waals surface area contributed by atoms with E-state index in [2.05, 4.69) is 62.8 Å².